The van der Waals surface area contributed by atoms with Crippen molar-refractivity contribution in [1.82, 2.24) is 0 Å². The molecular formula is C9H25ClOSi2. The van der Waals surface area contributed by atoms with E-state index in [4.69, 9.17) is 15.9 Å². The highest BCUT2D eigenvalue weighted by Gasteiger charge is 2.14. The van der Waals surface area contributed by atoms with Gasteiger partial charge in [0, 0.05) is 0 Å². The Balaban J connectivity index is 0. The quantitative estimate of drug-likeness (QED) is 0.583. The Hall–Kier alpha value is 0.684. The summed E-state index contributed by atoms with van der Waals surface area (Å²) in [6, 6.07) is 1.27. The summed E-state index contributed by atoms with van der Waals surface area (Å²) in [4.78, 5) is 8.66. The van der Waals surface area contributed by atoms with Crippen molar-refractivity contribution in [3.05, 3.63) is 0 Å². The Bertz CT molecular complexity index is 110. The Morgan fingerprint density at radius 3 is 1.46 bits per heavy atom. The van der Waals surface area contributed by atoms with Crippen LogP contribution < -0.4 is 0 Å². The topological polar surface area (TPSA) is 20.2 Å². The zero-order valence-corrected chi connectivity index (χ0v) is 12.7. The molecule has 0 amide bonds. The first kappa shape index (κ1) is 16.1. The Kier molecular flexibility index (Phi) is 8.73. The molecule has 0 aliphatic carbocycles. The minimum Gasteiger partial charge on any atom is -0.433 e. The van der Waals surface area contributed by atoms with Crippen LogP contribution in [0, 0.1) is 0 Å². The number of hydrogen-bond acceptors (Lipinski definition) is 1. The lowest BCUT2D eigenvalue weighted by molar-refractivity contribution is 0.561. The maximum absolute atomic E-state index is 8.66. The molecule has 1 N–H and O–H groups in total. The van der Waals surface area contributed by atoms with Crippen LogP contribution in [0.3, 0.4) is 0 Å². The summed E-state index contributed by atoms with van der Waals surface area (Å²) in [5, 5.41) is 0. The van der Waals surface area contributed by atoms with Gasteiger partial charge < -0.3 is 4.80 Å². The van der Waals surface area contributed by atoms with E-state index in [0.717, 1.165) is 0 Å². The lowest BCUT2D eigenvalue weighted by Gasteiger charge is -2.10. The predicted molar refractivity (Wildman–Crippen MR) is 68.6 cm³/mol. The minimum absolute atomic E-state index is 1.21. The first-order chi connectivity index (χ1) is 5.56. The van der Waals surface area contributed by atoms with Crippen LogP contribution in [0.5, 0.6) is 0 Å². The van der Waals surface area contributed by atoms with Gasteiger partial charge in [-0.1, -0.05) is 32.9 Å². The fourth-order valence-corrected chi connectivity index (χ4v) is 2.19. The average Bonchev–Trinajstić information content (AvgIpc) is 1.77. The van der Waals surface area contributed by atoms with Crippen molar-refractivity contribution in [2.24, 2.45) is 0 Å². The number of hydrogen-bond donors (Lipinski definition) is 1. The Morgan fingerprint density at radius 2 is 1.38 bits per heavy atom. The largest absolute Gasteiger partial charge is 0.433 e. The van der Waals surface area contributed by atoms with Gasteiger partial charge in [-0.2, -0.15) is 11.1 Å². The third kappa shape index (κ3) is 44.8. The van der Waals surface area contributed by atoms with Gasteiger partial charge in [-0.15, -0.1) is 0 Å². The van der Waals surface area contributed by atoms with Crippen LogP contribution in [0.1, 0.15) is 19.8 Å². The molecule has 0 saturated heterocycles. The van der Waals surface area contributed by atoms with Crippen molar-refractivity contribution < 1.29 is 4.80 Å². The zero-order valence-electron chi connectivity index (χ0n) is 9.95. The summed E-state index contributed by atoms with van der Waals surface area (Å²) >= 11 is 6.05. The van der Waals surface area contributed by atoms with Gasteiger partial charge >= 0.3 is 0 Å². The molecule has 0 aliphatic rings. The summed E-state index contributed by atoms with van der Waals surface area (Å²) < 4.78 is 0. The molecule has 4 heteroatoms. The van der Waals surface area contributed by atoms with Gasteiger partial charge in [0.2, 0.25) is 0 Å². The number of halogens is 1. The summed E-state index contributed by atoms with van der Waals surface area (Å²) in [6.45, 7) is 12.2. The van der Waals surface area contributed by atoms with Crippen LogP contribution >= 0.6 is 11.1 Å². The van der Waals surface area contributed by atoms with Crippen LogP contribution in [0.2, 0.25) is 38.8 Å². The molecule has 0 spiro atoms. The molecular weight excluding hydrogens is 216 g/mol. The van der Waals surface area contributed by atoms with Gasteiger partial charge in [-0.05, 0) is 25.7 Å². The maximum Gasteiger partial charge on any atom is 0.179 e. The number of rotatable bonds is 3. The fourth-order valence-electron chi connectivity index (χ4n) is 0.597. The Labute approximate surface area is 90.4 Å². The lowest BCUT2D eigenvalue weighted by Crippen LogP contribution is -2.17. The van der Waals surface area contributed by atoms with E-state index in [9.17, 15) is 0 Å². The monoisotopic (exact) mass is 240 g/mol. The molecule has 0 fully saturated rings. The second-order valence-electron chi connectivity index (χ2n) is 4.99. The van der Waals surface area contributed by atoms with Gasteiger partial charge in [0.15, 0.2) is 8.32 Å². The first-order valence-electron chi connectivity index (χ1n) is 4.97. The molecule has 0 radical (unpaired) electrons. The predicted octanol–water partition coefficient (Wildman–Crippen LogP) is 4.04. The van der Waals surface area contributed by atoms with Crippen molar-refractivity contribution in [1.29, 1.82) is 0 Å². The normalized spacial score (nSPS) is 12.0. The third-order valence-corrected chi connectivity index (χ3v) is 3.23. The van der Waals surface area contributed by atoms with E-state index in [1.54, 1.807) is 0 Å². The Morgan fingerprint density at radius 1 is 1.08 bits per heavy atom. The van der Waals surface area contributed by atoms with Crippen LogP contribution in [-0.2, 0) is 0 Å². The summed E-state index contributed by atoms with van der Waals surface area (Å²) in [5.41, 5.74) is 0. The molecule has 0 bridgehead atoms. The standard InChI is InChI=1S/C6H15ClSi.C3H10OSi/c1-4-5-6-8(2,3)7;1-5(2,3)4/h4-6H2,1-3H3;4H,1-3H3. The van der Waals surface area contributed by atoms with Gasteiger partial charge in [-0.25, -0.2) is 0 Å². The minimum atomic E-state index is -1.61. The molecule has 0 saturated carbocycles. The molecule has 0 aromatic carbocycles. The van der Waals surface area contributed by atoms with Crippen molar-refractivity contribution >= 4 is 26.8 Å². The molecule has 0 aliphatic heterocycles. The van der Waals surface area contributed by atoms with Gasteiger partial charge in [0.25, 0.3) is 0 Å². The second kappa shape index (κ2) is 7.04. The van der Waals surface area contributed by atoms with E-state index in [1.165, 1.54) is 18.9 Å². The molecule has 0 atom stereocenters. The van der Waals surface area contributed by atoms with Crippen LogP contribution in [-0.4, -0.2) is 20.5 Å². The highest BCUT2D eigenvalue weighted by Crippen LogP contribution is 2.16. The van der Waals surface area contributed by atoms with Crippen molar-refractivity contribution in [3.63, 3.8) is 0 Å². The smallest absolute Gasteiger partial charge is 0.179 e. The lowest BCUT2D eigenvalue weighted by atomic mass is 10.4. The molecule has 0 heterocycles. The first-order valence-corrected chi connectivity index (χ1v) is 12.6. The summed E-state index contributed by atoms with van der Waals surface area (Å²) in [5.74, 6) is 0. The molecule has 82 valence electrons. The molecule has 0 aromatic rings. The molecule has 1 nitrogen and oxygen atoms in total. The van der Waals surface area contributed by atoms with Gasteiger partial charge in [0.05, 0.1) is 0 Å². The number of unbranched alkanes of at least 4 members (excludes halogenated alkanes) is 1. The second-order valence-corrected chi connectivity index (χ2v) is 16.3. The van der Waals surface area contributed by atoms with E-state index >= 15 is 0 Å². The van der Waals surface area contributed by atoms with Gasteiger partial charge in [-0.3, -0.25) is 0 Å². The average molecular weight is 241 g/mol. The SMILES string of the molecule is CCCC[Si](C)(C)Cl.C[Si](C)(C)O. The van der Waals surface area contributed by atoms with Gasteiger partial charge in [0.1, 0.15) is 7.38 Å². The maximum atomic E-state index is 8.66. The summed E-state index contributed by atoms with van der Waals surface area (Å²) in [6.07, 6.45) is 2.59. The fraction of sp³-hybridized carbons (Fsp3) is 1.00. The summed E-state index contributed by atoms with van der Waals surface area (Å²) in [7, 11) is -2.82. The zero-order chi connectivity index (χ0) is 11.1. The van der Waals surface area contributed by atoms with Crippen molar-refractivity contribution in [2.45, 2.75) is 58.5 Å². The van der Waals surface area contributed by atoms with Crippen molar-refractivity contribution in [3.8, 4) is 0 Å². The van der Waals surface area contributed by atoms with Crippen LogP contribution in [0.4, 0.5) is 0 Å². The highest BCUT2D eigenvalue weighted by atomic mass is 35.6. The van der Waals surface area contributed by atoms with Crippen LogP contribution in [0.15, 0.2) is 0 Å². The van der Waals surface area contributed by atoms with E-state index < -0.39 is 15.7 Å². The molecule has 0 rings (SSSR count). The molecule has 0 unspecified atom stereocenters. The van der Waals surface area contributed by atoms with E-state index in [-0.39, 0.29) is 0 Å². The third-order valence-electron chi connectivity index (χ3n) is 1.12. The van der Waals surface area contributed by atoms with E-state index in [2.05, 4.69) is 20.0 Å². The van der Waals surface area contributed by atoms with Crippen LogP contribution in [0.25, 0.3) is 0 Å². The molecule has 13 heavy (non-hydrogen) atoms. The molecule has 0 aromatic heterocycles. The highest BCUT2D eigenvalue weighted by molar-refractivity contribution is 7.19. The van der Waals surface area contributed by atoms with Crippen molar-refractivity contribution in [2.75, 3.05) is 0 Å². The van der Waals surface area contributed by atoms with E-state index in [1.807, 2.05) is 19.6 Å². The van der Waals surface area contributed by atoms with E-state index in [0.29, 0.717) is 0 Å².